The number of halogens is 1. The first kappa shape index (κ1) is 19.3. The maximum atomic E-state index is 12.9. The molecular weight excluding hydrogens is 340 g/mol. The lowest BCUT2D eigenvalue weighted by atomic mass is 9.90. The smallest absolute Gasteiger partial charge is 0.257 e. The Morgan fingerprint density at radius 1 is 1.32 bits per heavy atom. The number of amides is 1. The summed E-state index contributed by atoms with van der Waals surface area (Å²) in [5, 5.41) is 7.02. The van der Waals surface area contributed by atoms with Gasteiger partial charge in [0, 0.05) is 24.7 Å². The number of aromatic nitrogens is 2. The summed E-state index contributed by atoms with van der Waals surface area (Å²) >= 11 is 0. The number of hydrogen-bond donors (Lipinski definition) is 2. The highest BCUT2D eigenvalue weighted by molar-refractivity contribution is 5.99. The summed E-state index contributed by atoms with van der Waals surface area (Å²) in [5.41, 5.74) is 8.25. The summed E-state index contributed by atoms with van der Waals surface area (Å²) in [6, 6.07) is 7.78. The summed E-state index contributed by atoms with van der Waals surface area (Å²) in [4.78, 5) is 14.8. The van der Waals surface area contributed by atoms with Crippen LogP contribution in [0.4, 0.5) is 0 Å². The van der Waals surface area contributed by atoms with Crippen molar-refractivity contribution in [3.63, 3.8) is 0 Å². The van der Waals surface area contributed by atoms with E-state index in [9.17, 15) is 4.79 Å². The van der Waals surface area contributed by atoms with Gasteiger partial charge in [-0.15, -0.1) is 12.4 Å². The predicted octanol–water partition coefficient (Wildman–Crippen LogP) is 2.71. The van der Waals surface area contributed by atoms with E-state index in [0.29, 0.717) is 11.5 Å². The molecule has 1 aliphatic rings. The fraction of sp³-hybridized carbons (Fsp3) is 0.444. The number of likely N-dealkylation sites (tertiary alicyclic amines) is 1. The van der Waals surface area contributed by atoms with Crippen molar-refractivity contribution in [2.24, 2.45) is 11.7 Å². The molecule has 2 heterocycles. The van der Waals surface area contributed by atoms with Crippen LogP contribution in [0.15, 0.2) is 30.5 Å². The maximum absolute atomic E-state index is 12.9. The first-order valence-corrected chi connectivity index (χ1v) is 8.32. The zero-order chi connectivity index (χ0) is 17.1. The molecule has 1 aromatic carbocycles. The third-order valence-corrected chi connectivity index (χ3v) is 4.82. The number of carbonyl (C=O) groups excluding carboxylic acids is 1. The van der Waals surface area contributed by atoms with Gasteiger partial charge < -0.3 is 15.4 Å². The largest absolute Gasteiger partial charge is 0.497 e. The first-order valence-electron chi connectivity index (χ1n) is 8.32. The van der Waals surface area contributed by atoms with E-state index in [0.717, 1.165) is 42.9 Å². The molecular formula is C18H25ClN4O2. The summed E-state index contributed by atoms with van der Waals surface area (Å²) in [6.07, 6.45) is 3.53. The molecule has 1 aliphatic heterocycles. The van der Waals surface area contributed by atoms with Gasteiger partial charge in [0.05, 0.1) is 24.6 Å². The number of H-pyrrole nitrogens is 1. The van der Waals surface area contributed by atoms with Gasteiger partial charge in [0.1, 0.15) is 5.75 Å². The second-order valence-corrected chi connectivity index (χ2v) is 6.38. The molecule has 0 bridgehead atoms. The molecule has 7 heteroatoms. The van der Waals surface area contributed by atoms with Crippen LogP contribution in [0.5, 0.6) is 5.75 Å². The third kappa shape index (κ3) is 4.14. The number of ether oxygens (including phenoxy) is 1. The SMILES string of the molecule is COc1ccc(-c2[nH]ncc2C(=O)N2CCC(C(C)N)CC2)cc1.Cl. The summed E-state index contributed by atoms with van der Waals surface area (Å²) in [5.74, 6) is 1.31. The summed E-state index contributed by atoms with van der Waals surface area (Å²) in [7, 11) is 1.63. The van der Waals surface area contributed by atoms with Gasteiger partial charge in [-0.3, -0.25) is 9.89 Å². The standard InChI is InChI=1S/C18H24N4O2.ClH/c1-12(19)13-7-9-22(10-8-13)18(23)16-11-20-21-17(16)14-3-5-15(24-2)6-4-14;/h3-6,11-13H,7-10,19H2,1-2H3,(H,20,21);1H. The normalized spacial score (nSPS) is 16.2. The monoisotopic (exact) mass is 364 g/mol. The minimum atomic E-state index is 0. The van der Waals surface area contributed by atoms with E-state index in [-0.39, 0.29) is 24.4 Å². The minimum Gasteiger partial charge on any atom is -0.497 e. The van der Waals surface area contributed by atoms with Crippen LogP contribution in [0.2, 0.25) is 0 Å². The van der Waals surface area contributed by atoms with Gasteiger partial charge in [-0.25, -0.2) is 0 Å². The molecule has 3 N–H and O–H groups in total. The Hall–Kier alpha value is -2.05. The van der Waals surface area contributed by atoms with Crippen molar-refractivity contribution in [2.75, 3.05) is 20.2 Å². The second kappa shape index (κ2) is 8.36. The van der Waals surface area contributed by atoms with E-state index in [2.05, 4.69) is 10.2 Å². The lowest BCUT2D eigenvalue weighted by molar-refractivity contribution is 0.0682. The van der Waals surface area contributed by atoms with Crippen LogP contribution in [0.1, 0.15) is 30.1 Å². The van der Waals surface area contributed by atoms with E-state index in [4.69, 9.17) is 10.5 Å². The predicted molar refractivity (Wildman–Crippen MR) is 100 cm³/mol. The molecule has 136 valence electrons. The minimum absolute atomic E-state index is 0. The zero-order valence-electron chi connectivity index (χ0n) is 14.6. The number of piperidine rings is 1. The van der Waals surface area contributed by atoms with Crippen LogP contribution in [-0.4, -0.2) is 47.2 Å². The topological polar surface area (TPSA) is 84.2 Å². The molecule has 0 saturated carbocycles. The molecule has 1 aromatic heterocycles. The van der Waals surface area contributed by atoms with E-state index in [1.165, 1.54) is 0 Å². The van der Waals surface area contributed by atoms with Gasteiger partial charge in [-0.05, 0) is 49.9 Å². The van der Waals surface area contributed by atoms with Gasteiger partial charge in [0.15, 0.2) is 0 Å². The van der Waals surface area contributed by atoms with Crippen molar-refractivity contribution in [3.8, 4) is 17.0 Å². The van der Waals surface area contributed by atoms with Gasteiger partial charge in [0.2, 0.25) is 0 Å². The van der Waals surface area contributed by atoms with Gasteiger partial charge >= 0.3 is 0 Å². The molecule has 0 spiro atoms. The van der Waals surface area contributed by atoms with Crippen LogP contribution >= 0.6 is 12.4 Å². The van der Waals surface area contributed by atoms with Crippen LogP contribution in [0, 0.1) is 5.92 Å². The Balaban J connectivity index is 0.00000225. The Bertz CT molecular complexity index is 691. The number of carbonyl (C=O) groups is 1. The Kier molecular flexibility index (Phi) is 6.45. The van der Waals surface area contributed by atoms with Crippen molar-refractivity contribution < 1.29 is 9.53 Å². The molecule has 1 fully saturated rings. The van der Waals surface area contributed by atoms with Crippen molar-refractivity contribution in [3.05, 3.63) is 36.0 Å². The fourth-order valence-electron chi connectivity index (χ4n) is 3.22. The maximum Gasteiger partial charge on any atom is 0.257 e. The van der Waals surface area contributed by atoms with E-state index < -0.39 is 0 Å². The lowest BCUT2D eigenvalue weighted by Crippen LogP contribution is -2.42. The highest BCUT2D eigenvalue weighted by Crippen LogP contribution is 2.26. The average Bonchev–Trinajstić information content (AvgIpc) is 3.11. The molecule has 0 aliphatic carbocycles. The molecule has 0 radical (unpaired) electrons. The molecule has 3 rings (SSSR count). The van der Waals surface area contributed by atoms with Crippen molar-refractivity contribution in [1.82, 2.24) is 15.1 Å². The molecule has 1 unspecified atom stereocenters. The van der Waals surface area contributed by atoms with Crippen LogP contribution in [0.3, 0.4) is 0 Å². The number of aromatic amines is 1. The molecule has 6 nitrogen and oxygen atoms in total. The van der Waals surface area contributed by atoms with Gasteiger partial charge in [0.25, 0.3) is 5.91 Å². The number of methoxy groups -OCH3 is 1. The Morgan fingerprint density at radius 2 is 1.96 bits per heavy atom. The van der Waals surface area contributed by atoms with Gasteiger partial charge in [-0.2, -0.15) is 5.10 Å². The van der Waals surface area contributed by atoms with E-state index >= 15 is 0 Å². The van der Waals surface area contributed by atoms with Crippen LogP contribution < -0.4 is 10.5 Å². The van der Waals surface area contributed by atoms with Crippen molar-refractivity contribution >= 4 is 18.3 Å². The highest BCUT2D eigenvalue weighted by atomic mass is 35.5. The quantitative estimate of drug-likeness (QED) is 0.873. The fourth-order valence-corrected chi connectivity index (χ4v) is 3.22. The first-order chi connectivity index (χ1) is 11.6. The van der Waals surface area contributed by atoms with Crippen LogP contribution in [0.25, 0.3) is 11.3 Å². The molecule has 1 atom stereocenters. The molecule has 1 saturated heterocycles. The lowest BCUT2D eigenvalue weighted by Gasteiger charge is -2.33. The number of nitrogens with two attached hydrogens (primary N) is 1. The summed E-state index contributed by atoms with van der Waals surface area (Å²) in [6.45, 7) is 3.54. The molecule has 2 aromatic rings. The molecule has 25 heavy (non-hydrogen) atoms. The number of rotatable bonds is 4. The van der Waals surface area contributed by atoms with Gasteiger partial charge in [-0.1, -0.05) is 0 Å². The highest BCUT2D eigenvalue weighted by Gasteiger charge is 2.27. The van der Waals surface area contributed by atoms with Crippen molar-refractivity contribution in [1.29, 1.82) is 0 Å². The number of nitrogens with one attached hydrogen (secondary N) is 1. The molecule has 1 amide bonds. The number of nitrogens with zero attached hydrogens (tertiary/aromatic N) is 2. The average molecular weight is 365 g/mol. The Morgan fingerprint density at radius 3 is 2.52 bits per heavy atom. The van der Waals surface area contributed by atoms with Crippen LogP contribution in [-0.2, 0) is 0 Å². The Labute approximate surface area is 154 Å². The zero-order valence-corrected chi connectivity index (χ0v) is 15.4. The van der Waals surface area contributed by atoms with E-state index in [1.807, 2.05) is 36.1 Å². The van der Waals surface area contributed by atoms with E-state index in [1.54, 1.807) is 13.3 Å². The number of hydrogen-bond acceptors (Lipinski definition) is 4. The third-order valence-electron chi connectivity index (χ3n) is 4.82. The summed E-state index contributed by atoms with van der Waals surface area (Å²) < 4.78 is 5.18. The second-order valence-electron chi connectivity index (χ2n) is 6.38. The van der Waals surface area contributed by atoms with Crippen molar-refractivity contribution in [2.45, 2.75) is 25.8 Å². The number of benzene rings is 1.